The first-order chi connectivity index (χ1) is 11.1. The predicted molar refractivity (Wildman–Crippen MR) is 91.0 cm³/mol. The van der Waals surface area contributed by atoms with E-state index in [1.54, 1.807) is 17.4 Å². The van der Waals surface area contributed by atoms with Crippen LogP contribution in [-0.4, -0.2) is 9.97 Å². The molecule has 0 saturated carbocycles. The standard InChI is InChI=1S/C16H13ClFN3OS/c17-10-6-8(4-5-11(10)18)19-7-13-20-15(22)14-9-2-1-3-12(9)23-16(14)21-13/h4-6,19H,1-3,7H2,(H,20,21,22). The minimum atomic E-state index is -0.460. The van der Waals surface area contributed by atoms with Gasteiger partial charge in [-0.3, -0.25) is 4.79 Å². The number of fused-ring (bicyclic) bond motifs is 3. The van der Waals surface area contributed by atoms with Crippen molar-refractivity contribution < 1.29 is 4.39 Å². The van der Waals surface area contributed by atoms with E-state index in [0.29, 0.717) is 18.1 Å². The van der Waals surface area contributed by atoms with Gasteiger partial charge in [-0.1, -0.05) is 11.6 Å². The zero-order chi connectivity index (χ0) is 16.0. The molecule has 4 rings (SSSR count). The van der Waals surface area contributed by atoms with Gasteiger partial charge in [-0.15, -0.1) is 11.3 Å². The fourth-order valence-corrected chi connectivity index (χ4v) is 4.38. The number of nitrogens with zero attached hydrogens (tertiary/aromatic N) is 1. The Hall–Kier alpha value is -1.92. The summed E-state index contributed by atoms with van der Waals surface area (Å²) < 4.78 is 13.2. The van der Waals surface area contributed by atoms with Gasteiger partial charge in [0.25, 0.3) is 5.56 Å². The third-order valence-corrected chi connectivity index (χ3v) is 5.48. The fourth-order valence-electron chi connectivity index (χ4n) is 2.92. The molecule has 2 aromatic heterocycles. The lowest BCUT2D eigenvalue weighted by Gasteiger charge is -2.07. The largest absolute Gasteiger partial charge is 0.378 e. The highest BCUT2D eigenvalue weighted by Crippen LogP contribution is 2.34. The van der Waals surface area contributed by atoms with Crippen molar-refractivity contribution >= 4 is 38.8 Å². The molecule has 0 saturated heterocycles. The molecule has 0 aliphatic heterocycles. The number of aromatic amines is 1. The van der Waals surface area contributed by atoms with E-state index >= 15 is 0 Å². The number of thiophene rings is 1. The Labute approximate surface area is 140 Å². The number of benzene rings is 1. The highest BCUT2D eigenvalue weighted by molar-refractivity contribution is 7.18. The first-order valence-corrected chi connectivity index (χ1v) is 8.53. The molecule has 2 heterocycles. The summed E-state index contributed by atoms with van der Waals surface area (Å²) in [6.07, 6.45) is 3.12. The lowest BCUT2D eigenvalue weighted by Crippen LogP contribution is -2.14. The lowest BCUT2D eigenvalue weighted by molar-refractivity contribution is 0.628. The molecule has 1 aromatic carbocycles. The van der Waals surface area contributed by atoms with Crippen molar-refractivity contribution in [2.45, 2.75) is 25.8 Å². The van der Waals surface area contributed by atoms with Gasteiger partial charge in [-0.05, 0) is 43.0 Å². The first kappa shape index (κ1) is 14.7. The summed E-state index contributed by atoms with van der Waals surface area (Å²) in [7, 11) is 0. The predicted octanol–water partition coefficient (Wildman–Crippen LogP) is 3.88. The number of hydrogen-bond donors (Lipinski definition) is 2. The van der Waals surface area contributed by atoms with Crippen LogP contribution in [-0.2, 0) is 19.4 Å². The van der Waals surface area contributed by atoms with Crippen LogP contribution in [0.2, 0.25) is 5.02 Å². The van der Waals surface area contributed by atoms with Gasteiger partial charge in [0.1, 0.15) is 16.5 Å². The lowest BCUT2D eigenvalue weighted by atomic mass is 10.2. The average Bonchev–Trinajstić information content (AvgIpc) is 3.08. The topological polar surface area (TPSA) is 57.8 Å². The Bertz CT molecular complexity index is 966. The van der Waals surface area contributed by atoms with E-state index < -0.39 is 5.82 Å². The van der Waals surface area contributed by atoms with Crippen molar-refractivity contribution in [3.05, 3.63) is 55.7 Å². The van der Waals surface area contributed by atoms with Crippen molar-refractivity contribution in [1.29, 1.82) is 0 Å². The number of aromatic nitrogens is 2. The number of rotatable bonds is 3. The summed E-state index contributed by atoms with van der Waals surface area (Å²) in [5.41, 5.74) is 1.76. The van der Waals surface area contributed by atoms with Gasteiger partial charge in [0.15, 0.2) is 0 Å². The van der Waals surface area contributed by atoms with Crippen molar-refractivity contribution in [2.75, 3.05) is 5.32 Å². The summed E-state index contributed by atoms with van der Waals surface area (Å²) in [5.74, 6) is 0.0983. The molecule has 1 aliphatic rings. The van der Waals surface area contributed by atoms with Crippen molar-refractivity contribution in [3.8, 4) is 0 Å². The molecule has 0 bridgehead atoms. The van der Waals surface area contributed by atoms with Crippen LogP contribution in [0.4, 0.5) is 10.1 Å². The number of nitrogens with one attached hydrogen (secondary N) is 2. The fraction of sp³-hybridized carbons (Fsp3) is 0.250. The number of aryl methyl sites for hydroxylation is 2. The Balaban J connectivity index is 1.62. The highest BCUT2D eigenvalue weighted by atomic mass is 35.5. The molecule has 1 aliphatic carbocycles. The normalized spacial score (nSPS) is 13.5. The summed E-state index contributed by atoms with van der Waals surface area (Å²) in [6.45, 7) is 0.343. The van der Waals surface area contributed by atoms with Crippen LogP contribution in [0.1, 0.15) is 22.7 Å². The van der Waals surface area contributed by atoms with Gasteiger partial charge in [0.05, 0.1) is 17.0 Å². The van der Waals surface area contributed by atoms with Gasteiger partial charge in [0.2, 0.25) is 0 Å². The molecule has 0 unspecified atom stereocenters. The average molecular weight is 350 g/mol. The van der Waals surface area contributed by atoms with Crippen LogP contribution < -0.4 is 10.9 Å². The van der Waals surface area contributed by atoms with Gasteiger partial charge in [0, 0.05) is 10.6 Å². The van der Waals surface area contributed by atoms with Crippen LogP contribution in [0.25, 0.3) is 10.2 Å². The van der Waals surface area contributed by atoms with E-state index in [1.807, 2.05) is 0 Å². The van der Waals surface area contributed by atoms with Gasteiger partial charge >= 0.3 is 0 Å². The van der Waals surface area contributed by atoms with Gasteiger partial charge in [-0.2, -0.15) is 0 Å². The third-order valence-electron chi connectivity index (χ3n) is 4.00. The van der Waals surface area contributed by atoms with Crippen LogP contribution in [0.15, 0.2) is 23.0 Å². The second kappa shape index (κ2) is 5.62. The maximum absolute atomic E-state index is 13.2. The summed E-state index contributed by atoms with van der Waals surface area (Å²) in [4.78, 5) is 21.8. The second-order valence-corrected chi connectivity index (χ2v) is 7.02. The minimum Gasteiger partial charge on any atom is -0.378 e. The molecule has 0 amide bonds. The van der Waals surface area contributed by atoms with Crippen molar-refractivity contribution in [3.63, 3.8) is 0 Å². The van der Waals surface area contributed by atoms with Crippen LogP contribution >= 0.6 is 22.9 Å². The molecule has 7 heteroatoms. The van der Waals surface area contributed by atoms with Crippen molar-refractivity contribution in [2.24, 2.45) is 0 Å². The molecule has 118 valence electrons. The summed E-state index contributed by atoms with van der Waals surface area (Å²) in [5, 5.41) is 3.89. The number of H-pyrrole nitrogens is 1. The SMILES string of the molecule is O=c1[nH]c(CNc2ccc(F)c(Cl)c2)nc2sc3c(c12)CCC3. The molecule has 4 nitrogen and oxygen atoms in total. The third kappa shape index (κ3) is 2.62. The van der Waals surface area contributed by atoms with E-state index in [4.69, 9.17) is 11.6 Å². The van der Waals surface area contributed by atoms with E-state index in [-0.39, 0.29) is 10.6 Å². The number of halogens is 2. The number of hydrogen-bond acceptors (Lipinski definition) is 4. The highest BCUT2D eigenvalue weighted by Gasteiger charge is 2.20. The maximum atomic E-state index is 13.2. The summed E-state index contributed by atoms with van der Waals surface area (Å²) in [6, 6.07) is 4.40. The van der Waals surface area contributed by atoms with E-state index in [0.717, 1.165) is 29.5 Å². The molecular weight excluding hydrogens is 337 g/mol. The first-order valence-electron chi connectivity index (χ1n) is 7.34. The minimum absolute atomic E-state index is 0.0570. The number of anilines is 1. The van der Waals surface area contributed by atoms with Crippen LogP contribution in [0.5, 0.6) is 0 Å². The van der Waals surface area contributed by atoms with Gasteiger partial charge in [-0.25, -0.2) is 9.37 Å². The molecule has 0 spiro atoms. The monoisotopic (exact) mass is 349 g/mol. The molecule has 0 fully saturated rings. The summed E-state index contributed by atoms with van der Waals surface area (Å²) >= 11 is 7.37. The van der Waals surface area contributed by atoms with E-state index in [9.17, 15) is 9.18 Å². The molecule has 23 heavy (non-hydrogen) atoms. The molecular formula is C16H13ClFN3OS. The van der Waals surface area contributed by atoms with Crippen LogP contribution in [0, 0.1) is 5.82 Å². The van der Waals surface area contributed by atoms with Crippen LogP contribution in [0.3, 0.4) is 0 Å². The maximum Gasteiger partial charge on any atom is 0.259 e. The molecule has 3 aromatic rings. The van der Waals surface area contributed by atoms with E-state index in [1.165, 1.54) is 22.6 Å². The Morgan fingerprint density at radius 3 is 3.09 bits per heavy atom. The molecule has 0 radical (unpaired) electrons. The van der Waals surface area contributed by atoms with E-state index in [2.05, 4.69) is 15.3 Å². The van der Waals surface area contributed by atoms with Gasteiger partial charge < -0.3 is 10.3 Å². The second-order valence-electron chi connectivity index (χ2n) is 5.53. The Kier molecular flexibility index (Phi) is 3.58. The zero-order valence-electron chi connectivity index (χ0n) is 12.1. The smallest absolute Gasteiger partial charge is 0.259 e. The quantitative estimate of drug-likeness (QED) is 0.754. The molecule has 0 atom stereocenters. The molecule has 2 N–H and O–H groups in total. The Morgan fingerprint density at radius 1 is 1.39 bits per heavy atom. The Morgan fingerprint density at radius 2 is 2.26 bits per heavy atom. The zero-order valence-corrected chi connectivity index (χ0v) is 13.7. The van der Waals surface area contributed by atoms with Crippen molar-refractivity contribution in [1.82, 2.24) is 9.97 Å².